The highest BCUT2D eigenvalue weighted by Gasteiger charge is 2.36. The molecule has 1 aliphatic carbocycles. The predicted molar refractivity (Wildman–Crippen MR) is 68.7 cm³/mol. The molecule has 1 unspecified atom stereocenters. The Kier molecular flexibility index (Phi) is 5.44. The normalized spacial score (nSPS) is 19.7. The molecule has 0 aromatic rings. The van der Waals surface area contributed by atoms with E-state index in [-0.39, 0.29) is 11.6 Å². The van der Waals surface area contributed by atoms with Gasteiger partial charge in [0, 0.05) is 26.8 Å². The summed E-state index contributed by atoms with van der Waals surface area (Å²) in [6.07, 6.45) is 3.48. The van der Waals surface area contributed by atoms with Gasteiger partial charge in [-0.05, 0) is 38.4 Å². The van der Waals surface area contributed by atoms with Gasteiger partial charge in [-0.1, -0.05) is 0 Å². The molecule has 0 spiro atoms. The van der Waals surface area contributed by atoms with Crippen molar-refractivity contribution in [3.8, 4) is 0 Å². The van der Waals surface area contributed by atoms with E-state index in [1.165, 1.54) is 6.42 Å². The first-order chi connectivity index (χ1) is 7.62. The highest BCUT2D eigenvalue weighted by Crippen LogP contribution is 2.34. The summed E-state index contributed by atoms with van der Waals surface area (Å²) in [6.45, 7) is 3.47. The summed E-state index contributed by atoms with van der Waals surface area (Å²) in [5, 5.41) is 7.04. The van der Waals surface area contributed by atoms with Crippen LogP contribution in [0, 0.1) is 0 Å². The first-order valence-electron chi connectivity index (χ1n) is 5.70. The summed E-state index contributed by atoms with van der Waals surface area (Å²) < 4.78 is 10.5. The molecule has 0 saturated heterocycles. The van der Waals surface area contributed by atoms with Crippen LogP contribution < -0.4 is 10.6 Å². The molecule has 0 amide bonds. The molecule has 0 radical (unpaired) electrons. The molecule has 5 heteroatoms. The minimum absolute atomic E-state index is 0.0102. The number of hydrogen-bond donors (Lipinski definition) is 2. The minimum atomic E-state index is 0.0102. The number of thiocarbonyl (C=S) groups is 1. The molecule has 16 heavy (non-hydrogen) atoms. The first kappa shape index (κ1) is 13.7. The molecule has 1 fully saturated rings. The third-order valence-electron chi connectivity index (χ3n) is 3.06. The maximum Gasteiger partial charge on any atom is 0.166 e. The Bertz CT molecular complexity index is 227. The van der Waals surface area contributed by atoms with Gasteiger partial charge in [0.25, 0.3) is 0 Å². The Hall–Kier alpha value is -0.390. The van der Waals surface area contributed by atoms with E-state index in [1.807, 2.05) is 6.92 Å². The topological polar surface area (TPSA) is 42.5 Å². The smallest absolute Gasteiger partial charge is 0.166 e. The lowest BCUT2D eigenvalue weighted by atomic mass is 9.80. The van der Waals surface area contributed by atoms with Crippen LogP contribution in [0.4, 0.5) is 0 Å². The fourth-order valence-corrected chi connectivity index (χ4v) is 2.11. The fraction of sp³-hybridized carbons (Fsp3) is 0.909. The SMILES string of the molecule is COCC(C)NC(=S)NCC1(OC)CCC1. The van der Waals surface area contributed by atoms with Crippen LogP contribution in [-0.2, 0) is 9.47 Å². The van der Waals surface area contributed by atoms with Gasteiger partial charge >= 0.3 is 0 Å². The van der Waals surface area contributed by atoms with Crippen LogP contribution in [0.3, 0.4) is 0 Å². The Balaban J connectivity index is 2.19. The zero-order chi connectivity index (χ0) is 12.0. The molecule has 1 rings (SSSR count). The van der Waals surface area contributed by atoms with Crippen molar-refractivity contribution in [3.63, 3.8) is 0 Å². The summed E-state index contributed by atoms with van der Waals surface area (Å²) in [7, 11) is 3.45. The molecule has 2 N–H and O–H groups in total. The fourth-order valence-electron chi connectivity index (χ4n) is 1.83. The van der Waals surface area contributed by atoms with E-state index < -0.39 is 0 Å². The van der Waals surface area contributed by atoms with Crippen molar-refractivity contribution in [1.29, 1.82) is 0 Å². The molecular formula is C11H22N2O2S. The average Bonchev–Trinajstić information content (AvgIpc) is 2.17. The molecule has 0 bridgehead atoms. The number of hydrogen-bond acceptors (Lipinski definition) is 3. The van der Waals surface area contributed by atoms with E-state index in [2.05, 4.69) is 10.6 Å². The lowest BCUT2D eigenvalue weighted by Crippen LogP contribution is -2.52. The Morgan fingerprint density at radius 1 is 1.44 bits per heavy atom. The van der Waals surface area contributed by atoms with E-state index >= 15 is 0 Å². The van der Waals surface area contributed by atoms with Gasteiger partial charge in [0.15, 0.2) is 5.11 Å². The number of rotatable bonds is 6. The van der Waals surface area contributed by atoms with Gasteiger partial charge in [-0.2, -0.15) is 0 Å². The molecule has 4 nitrogen and oxygen atoms in total. The van der Waals surface area contributed by atoms with Crippen molar-refractivity contribution < 1.29 is 9.47 Å². The van der Waals surface area contributed by atoms with Crippen molar-refractivity contribution in [1.82, 2.24) is 10.6 Å². The second-order valence-electron chi connectivity index (χ2n) is 4.42. The Morgan fingerprint density at radius 2 is 2.12 bits per heavy atom. The van der Waals surface area contributed by atoms with Gasteiger partial charge in [0.05, 0.1) is 12.2 Å². The van der Waals surface area contributed by atoms with E-state index in [0.29, 0.717) is 11.7 Å². The van der Waals surface area contributed by atoms with Crippen LogP contribution in [0.15, 0.2) is 0 Å². The Morgan fingerprint density at radius 3 is 2.56 bits per heavy atom. The van der Waals surface area contributed by atoms with Gasteiger partial charge in [-0.15, -0.1) is 0 Å². The summed E-state index contributed by atoms with van der Waals surface area (Å²) in [6, 6.07) is 0.227. The summed E-state index contributed by atoms with van der Waals surface area (Å²) in [5.41, 5.74) is 0.0102. The third kappa shape index (κ3) is 3.88. The van der Waals surface area contributed by atoms with Crippen LogP contribution in [0.25, 0.3) is 0 Å². The molecule has 0 aliphatic heterocycles. The van der Waals surface area contributed by atoms with E-state index in [1.54, 1.807) is 14.2 Å². The van der Waals surface area contributed by atoms with Crippen LogP contribution in [0.2, 0.25) is 0 Å². The van der Waals surface area contributed by atoms with Crippen molar-refractivity contribution in [2.24, 2.45) is 0 Å². The van der Waals surface area contributed by atoms with E-state index in [4.69, 9.17) is 21.7 Å². The van der Waals surface area contributed by atoms with Gasteiger partial charge in [0.1, 0.15) is 0 Å². The van der Waals surface area contributed by atoms with Crippen molar-refractivity contribution in [2.75, 3.05) is 27.4 Å². The minimum Gasteiger partial charge on any atom is -0.383 e. The molecule has 0 aromatic heterocycles. The van der Waals surface area contributed by atoms with Crippen molar-refractivity contribution >= 4 is 17.3 Å². The van der Waals surface area contributed by atoms with Gasteiger partial charge in [0.2, 0.25) is 0 Å². The summed E-state index contributed by atoms with van der Waals surface area (Å²) in [4.78, 5) is 0. The second-order valence-corrected chi connectivity index (χ2v) is 4.83. The van der Waals surface area contributed by atoms with E-state index in [9.17, 15) is 0 Å². The lowest BCUT2D eigenvalue weighted by molar-refractivity contribution is -0.0665. The van der Waals surface area contributed by atoms with Crippen LogP contribution in [0.5, 0.6) is 0 Å². The molecule has 1 aliphatic rings. The van der Waals surface area contributed by atoms with Gasteiger partial charge in [-0.25, -0.2) is 0 Å². The highest BCUT2D eigenvalue weighted by atomic mass is 32.1. The maximum atomic E-state index is 5.50. The van der Waals surface area contributed by atoms with Crippen LogP contribution in [0.1, 0.15) is 26.2 Å². The van der Waals surface area contributed by atoms with Crippen molar-refractivity contribution in [3.05, 3.63) is 0 Å². The zero-order valence-corrected chi connectivity index (χ0v) is 11.2. The number of nitrogens with one attached hydrogen (secondary N) is 2. The molecule has 0 aromatic carbocycles. The average molecular weight is 246 g/mol. The predicted octanol–water partition coefficient (Wildman–Crippen LogP) is 1.05. The molecule has 94 valence electrons. The standard InChI is InChI=1S/C11H22N2O2S/c1-9(7-14-2)13-10(16)12-8-11(15-3)5-4-6-11/h9H,4-8H2,1-3H3,(H2,12,13,16). The second kappa shape index (κ2) is 6.37. The highest BCUT2D eigenvalue weighted by molar-refractivity contribution is 7.80. The van der Waals surface area contributed by atoms with Gasteiger partial charge in [-0.3, -0.25) is 0 Å². The maximum absolute atomic E-state index is 5.50. The largest absolute Gasteiger partial charge is 0.383 e. The lowest BCUT2D eigenvalue weighted by Gasteiger charge is -2.40. The third-order valence-corrected chi connectivity index (χ3v) is 3.33. The molecular weight excluding hydrogens is 224 g/mol. The number of ether oxygens (including phenoxy) is 2. The van der Waals surface area contributed by atoms with Crippen LogP contribution in [-0.4, -0.2) is 44.1 Å². The van der Waals surface area contributed by atoms with Crippen LogP contribution >= 0.6 is 12.2 Å². The Labute approximate surface area is 103 Å². The summed E-state index contributed by atoms with van der Waals surface area (Å²) >= 11 is 5.20. The monoisotopic (exact) mass is 246 g/mol. The quantitative estimate of drug-likeness (QED) is 0.686. The molecule has 1 atom stereocenters. The zero-order valence-electron chi connectivity index (χ0n) is 10.3. The number of methoxy groups -OCH3 is 2. The first-order valence-corrected chi connectivity index (χ1v) is 6.11. The molecule has 0 heterocycles. The summed E-state index contributed by atoms with van der Waals surface area (Å²) in [5.74, 6) is 0. The van der Waals surface area contributed by atoms with Crippen molar-refractivity contribution in [2.45, 2.75) is 37.8 Å². The molecule has 1 saturated carbocycles. The van der Waals surface area contributed by atoms with Gasteiger partial charge < -0.3 is 20.1 Å². The van der Waals surface area contributed by atoms with E-state index in [0.717, 1.165) is 19.4 Å².